The number of ether oxygens (including phenoxy) is 3. The molecule has 0 aromatic rings. The lowest BCUT2D eigenvalue weighted by molar-refractivity contribution is -0.167. The third-order valence-electron chi connectivity index (χ3n) is 4.61. The normalized spacial score (nSPS) is 27.6. The molecule has 8 nitrogen and oxygen atoms in total. The molecule has 28 heavy (non-hydrogen) atoms. The van der Waals surface area contributed by atoms with Crippen molar-refractivity contribution in [3.05, 3.63) is 11.6 Å². The number of hydrogen-bond acceptors (Lipinski definition) is 8. The number of carbonyl (C=O) groups is 3. The minimum atomic E-state index is -1.26. The predicted molar refractivity (Wildman–Crippen MR) is 100 cm³/mol. The summed E-state index contributed by atoms with van der Waals surface area (Å²) in [5.41, 5.74) is 1.08. The Hall–Kier alpha value is -1.87. The third-order valence-corrected chi connectivity index (χ3v) is 4.61. The molecule has 0 aromatic heterocycles. The molecule has 156 valence electrons. The Morgan fingerprint density at radius 2 is 1.50 bits per heavy atom. The van der Waals surface area contributed by atoms with Gasteiger partial charge in [0.2, 0.25) is 0 Å². The van der Waals surface area contributed by atoms with Crippen molar-refractivity contribution >= 4 is 25.0 Å². The number of carbonyl (C=O) groups excluding carboxylic acids is 3. The highest BCUT2D eigenvalue weighted by Gasteiger charge is 2.54. The zero-order valence-electron chi connectivity index (χ0n) is 17.3. The van der Waals surface area contributed by atoms with E-state index in [-0.39, 0.29) is 18.2 Å². The van der Waals surface area contributed by atoms with E-state index >= 15 is 0 Å². The maximum Gasteiger partial charge on any atom is 0.466 e. The molecule has 1 aliphatic carbocycles. The number of rotatable bonds is 6. The van der Waals surface area contributed by atoms with Crippen molar-refractivity contribution in [3.8, 4) is 0 Å². The van der Waals surface area contributed by atoms with Crippen LogP contribution < -0.4 is 0 Å². The lowest BCUT2D eigenvalue weighted by atomic mass is 9.61. The Balaban J connectivity index is 2.27. The van der Waals surface area contributed by atoms with Gasteiger partial charge in [0.15, 0.2) is 12.2 Å². The van der Waals surface area contributed by atoms with Gasteiger partial charge in [0.1, 0.15) is 0 Å². The van der Waals surface area contributed by atoms with Crippen LogP contribution in [0.25, 0.3) is 0 Å². The van der Waals surface area contributed by atoms with Gasteiger partial charge in [-0.2, -0.15) is 0 Å². The molecule has 0 bridgehead atoms. The second-order valence-corrected chi connectivity index (χ2v) is 7.71. The van der Waals surface area contributed by atoms with Crippen LogP contribution in [0, 0.1) is 5.92 Å². The number of methoxy groups -OCH3 is 1. The van der Waals surface area contributed by atoms with Crippen LogP contribution >= 0.6 is 0 Å². The maximum absolute atomic E-state index is 12.5. The summed E-state index contributed by atoms with van der Waals surface area (Å²) in [4.78, 5) is 37.2. The lowest BCUT2D eigenvalue weighted by Crippen LogP contribution is -2.40. The van der Waals surface area contributed by atoms with Crippen molar-refractivity contribution in [1.82, 2.24) is 0 Å². The van der Waals surface area contributed by atoms with E-state index < -0.39 is 43.0 Å². The van der Waals surface area contributed by atoms with Gasteiger partial charge in [0.25, 0.3) is 0 Å². The Morgan fingerprint density at radius 1 is 1.00 bits per heavy atom. The first-order chi connectivity index (χ1) is 13.1. The Labute approximate surface area is 166 Å². The van der Waals surface area contributed by atoms with Crippen LogP contribution in [0.4, 0.5) is 0 Å². The Bertz CT molecular complexity index is 599. The van der Waals surface area contributed by atoms with Crippen molar-refractivity contribution in [2.45, 2.75) is 77.7 Å². The van der Waals surface area contributed by atoms with Gasteiger partial charge < -0.3 is 23.5 Å². The summed E-state index contributed by atoms with van der Waals surface area (Å²) in [5, 5.41) is 0. The summed E-state index contributed by atoms with van der Waals surface area (Å²) in [7, 11) is 0.362. The first kappa shape index (κ1) is 22.4. The van der Waals surface area contributed by atoms with E-state index in [1.165, 1.54) is 7.11 Å². The Morgan fingerprint density at radius 3 is 1.93 bits per heavy atom. The summed E-state index contributed by atoms with van der Waals surface area (Å²) >= 11 is 0. The lowest BCUT2D eigenvalue weighted by Gasteiger charge is -2.28. The fraction of sp³-hybridized carbons (Fsp3) is 0.737. The van der Waals surface area contributed by atoms with E-state index in [4.69, 9.17) is 23.5 Å². The van der Waals surface area contributed by atoms with Crippen LogP contribution in [-0.4, -0.2) is 56.6 Å². The quantitative estimate of drug-likeness (QED) is 0.291. The number of hydrogen-bond donors (Lipinski definition) is 0. The maximum atomic E-state index is 12.5. The molecule has 1 saturated heterocycles. The van der Waals surface area contributed by atoms with Gasteiger partial charge in [-0.3, -0.25) is 4.79 Å². The van der Waals surface area contributed by atoms with Crippen LogP contribution in [0.2, 0.25) is 5.82 Å². The molecule has 4 atom stereocenters. The molecule has 0 spiro atoms. The minimum Gasteiger partial charge on any atom is -0.469 e. The fourth-order valence-electron chi connectivity index (χ4n) is 3.40. The van der Waals surface area contributed by atoms with Crippen molar-refractivity contribution < 1.29 is 37.9 Å². The Kier molecular flexibility index (Phi) is 7.66. The molecular weight excluding hydrogens is 367 g/mol. The van der Waals surface area contributed by atoms with E-state index in [1.807, 2.05) is 13.0 Å². The average molecular weight is 396 g/mol. The van der Waals surface area contributed by atoms with Gasteiger partial charge in [-0.1, -0.05) is 11.6 Å². The van der Waals surface area contributed by atoms with Crippen LogP contribution in [0.5, 0.6) is 0 Å². The highest BCUT2D eigenvalue weighted by Crippen LogP contribution is 2.40. The highest BCUT2D eigenvalue weighted by molar-refractivity contribution is 6.49. The van der Waals surface area contributed by atoms with E-state index in [0.717, 1.165) is 12.0 Å². The molecule has 0 radical (unpaired) electrons. The largest absolute Gasteiger partial charge is 0.469 e. The molecule has 9 heteroatoms. The molecule has 1 heterocycles. The van der Waals surface area contributed by atoms with Crippen molar-refractivity contribution in [1.29, 1.82) is 0 Å². The van der Waals surface area contributed by atoms with E-state index in [9.17, 15) is 14.4 Å². The van der Waals surface area contributed by atoms with Gasteiger partial charge in [-0.05, 0) is 47.5 Å². The van der Waals surface area contributed by atoms with Gasteiger partial charge in [-0.25, -0.2) is 9.59 Å². The fourth-order valence-corrected chi connectivity index (χ4v) is 3.40. The molecule has 2 unspecified atom stereocenters. The van der Waals surface area contributed by atoms with E-state index in [2.05, 4.69) is 0 Å². The summed E-state index contributed by atoms with van der Waals surface area (Å²) in [6, 6.07) is 0. The minimum absolute atomic E-state index is 0.378. The highest BCUT2D eigenvalue weighted by atomic mass is 16.7. The monoisotopic (exact) mass is 396 g/mol. The van der Waals surface area contributed by atoms with Gasteiger partial charge in [0.05, 0.1) is 25.2 Å². The molecule has 2 rings (SSSR count). The van der Waals surface area contributed by atoms with E-state index in [0.29, 0.717) is 6.42 Å². The van der Waals surface area contributed by atoms with Crippen molar-refractivity contribution in [2.75, 3.05) is 7.11 Å². The average Bonchev–Trinajstić information content (AvgIpc) is 3.05. The summed E-state index contributed by atoms with van der Waals surface area (Å²) in [6.07, 6.45) is -0.0593. The molecule has 0 saturated carbocycles. The molecule has 1 aliphatic heterocycles. The SMILES string of the molecule is COC(=O)C1CCC(C)=CC1B1O[C@@H](C(=O)OC(C)C)[C@H](C(=O)OC(C)C)O1. The second-order valence-electron chi connectivity index (χ2n) is 7.71. The third kappa shape index (κ3) is 5.35. The molecule has 0 N–H and O–H groups in total. The second kappa shape index (κ2) is 9.56. The van der Waals surface area contributed by atoms with Gasteiger partial charge >= 0.3 is 25.0 Å². The topological polar surface area (TPSA) is 97.4 Å². The number of esters is 3. The predicted octanol–water partition coefficient (Wildman–Crippen LogP) is 2.06. The molecule has 0 amide bonds. The standard InChI is InChI=1S/C19H29BO8/c1-10(2)25-18(22)15-16(19(23)26-11(3)4)28-20(27-15)14-9-12(5)7-8-13(14)17(21)24-6/h9-11,13-16H,7-8H2,1-6H3/t13?,14?,15-,16-/m1/s1. The molecular formula is C19H29BO8. The van der Waals surface area contributed by atoms with Gasteiger partial charge in [-0.15, -0.1) is 0 Å². The van der Waals surface area contributed by atoms with E-state index in [1.54, 1.807) is 27.7 Å². The smallest absolute Gasteiger partial charge is 0.466 e. The summed E-state index contributed by atoms with van der Waals surface area (Å²) in [6.45, 7) is 8.76. The van der Waals surface area contributed by atoms with Gasteiger partial charge in [0, 0.05) is 5.82 Å². The van der Waals surface area contributed by atoms with Crippen LogP contribution in [-0.2, 0) is 37.9 Å². The zero-order chi connectivity index (χ0) is 21.0. The van der Waals surface area contributed by atoms with Crippen LogP contribution in [0.3, 0.4) is 0 Å². The summed E-state index contributed by atoms with van der Waals surface area (Å²) in [5.74, 6) is -2.74. The zero-order valence-corrected chi connectivity index (χ0v) is 17.3. The molecule has 2 aliphatic rings. The van der Waals surface area contributed by atoms with Crippen molar-refractivity contribution in [3.63, 3.8) is 0 Å². The molecule has 0 aromatic carbocycles. The number of allylic oxidation sites excluding steroid dienone is 2. The first-order valence-electron chi connectivity index (χ1n) is 9.61. The first-order valence-corrected chi connectivity index (χ1v) is 9.61. The van der Waals surface area contributed by atoms with Crippen LogP contribution in [0.15, 0.2) is 11.6 Å². The molecule has 1 fully saturated rings. The van der Waals surface area contributed by atoms with Crippen LogP contribution in [0.1, 0.15) is 47.5 Å². The van der Waals surface area contributed by atoms with Crippen molar-refractivity contribution in [2.24, 2.45) is 5.92 Å². The summed E-state index contributed by atoms with van der Waals surface area (Å²) < 4.78 is 26.9.